The number of nitrogens with one attached hydrogen (secondary N) is 2. The van der Waals surface area contributed by atoms with Gasteiger partial charge >= 0.3 is 0 Å². The zero-order chi connectivity index (χ0) is 9.68. The molecule has 1 saturated heterocycles. The molecule has 13 heavy (non-hydrogen) atoms. The van der Waals surface area contributed by atoms with Gasteiger partial charge in [-0.05, 0) is 33.6 Å². The first-order chi connectivity index (χ1) is 6.20. The quantitative estimate of drug-likeness (QED) is 0.476. The molecule has 1 aliphatic rings. The zero-order valence-corrected chi connectivity index (χ0v) is 8.58. The van der Waals surface area contributed by atoms with E-state index < -0.39 is 0 Å². The molecule has 1 aliphatic heterocycles. The van der Waals surface area contributed by atoms with E-state index in [1.807, 2.05) is 0 Å². The van der Waals surface area contributed by atoms with Crippen LogP contribution in [0.2, 0.25) is 0 Å². The van der Waals surface area contributed by atoms with E-state index in [0.29, 0.717) is 0 Å². The standard InChI is InChI=1S/C9H21N3O/c1-12(2)5-3-4-11-8-6-10-7-9(8)13/h8-11,13H,3-7H2,1-2H3/t8-,9-/m1/s1. The fourth-order valence-corrected chi connectivity index (χ4v) is 1.56. The monoisotopic (exact) mass is 187 g/mol. The molecule has 1 fully saturated rings. The summed E-state index contributed by atoms with van der Waals surface area (Å²) in [6, 6.07) is 0.252. The molecule has 0 aromatic carbocycles. The summed E-state index contributed by atoms with van der Waals surface area (Å²) in [5.74, 6) is 0. The maximum absolute atomic E-state index is 9.46. The van der Waals surface area contributed by atoms with Crippen molar-refractivity contribution in [1.82, 2.24) is 15.5 Å². The summed E-state index contributed by atoms with van der Waals surface area (Å²) in [6.07, 6.45) is 0.926. The molecule has 0 bridgehead atoms. The van der Waals surface area contributed by atoms with Crippen molar-refractivity contribution in [1.29, 1.82) is 0 Å². The molecule has 4 nitrogen and oxygen atoms in total. The topological polar surface area (TPSA) is 47.5 Å². The lowest BCUT2D eigenvalue weighted by Gasteiger charge is -2.16. The van der Waals surface area contributed by atoms with Gasteiger partial charge in [0.15, 0.2) is 0 Å². The summed E-state index contributed by atoms with van der Waals surface area (Å²) < 4.78 is 0. The average Bonchev–Trinajstić information content (AvgIpc) is 2.45. The van der Waals surface area contributed by atoms with E-state index in [1.165, 1.54) is 0 Å². The largest absolute Gasteiger partial charge is 0.390 e. The predicted molar refractivity (Wildman–Crippen MR) is 53.8 cm³/mol. The molecule has 1 rings (SSSR count). The first-order valence-corrected chi connectivity index (χ1v) is 4.97. The van der Waals surface area contributed by atoms with Crippen LogP contribution in [0.1, 0.15) is 6.42 Å². The van der Waals surface area contributed by atoms with Crippen molar-refractivity contribution in [3.8, 4) is 0 Å². The molecule has 1 heterocycles. The minimum atomic E-state index is -0.209. The van der Waals surface area contributed by atoms with E-state index in [9.17, 15) is 5.11 Å². The molecule has 0 saturated carbocycles. The molecule has 0 aromatic heterocycles. The molecule has 0 unspecified atom stereocenters. The van der Waals surface area contributed by atoms with Crippen molar-refractivity contribution in [2.45, 2.75) is 18.6 Å². The van der Waals surface area contributed by atoms with Gasteiger partial charge in [-0.2, -0.15) is 0 Å². The lowest BCUT2D eigenvalue weighted by atomic mass is 10.2. The lowest BCUT2D eigenvalue weighted by Crippen LogP contribution is -2.40. The summed E-state index contributed by atoms with van der Waals surface area (Å²) in [4.78, 5) is 2.17. The van der Waals surface area contributed by atoms with Crippen molar-refractivity contribution in [2.24, 2.45) is 0 Å². The Labute approximate surface area is 80.3 Å². The minimum absolute atomic E-state index is 0.209. The van der Waals surface area contributed by atoms with E-state index in [-0.39, 0.29) is 12.1 Å². The van der Waals surface area contributed by atoms with E-state index in [2.05, 4.69) is 29.6 Å². The van der Waals surface area contributed by atoms with Gasteiger partial charge in [-0.25, -0.2) is 0 Å². The summed E-state index contributed by atoms with van der Waals surface area (Å²) in [5.41, 5.74) is 0. The third-order valence-corrected chi connectivity index (χ3v) is 2.37. The first kappa shape index (κ1) is 10.9. The molecule has 3 N–H and O–H groups in total. The van der Waals surface area contributed by atoms with Crippen LogP contribution in [0.5, 0.6) is 0 Å². The van der Waals surface area contributed by atoms with Crippen molar-refractivity contribution in [3.63, 3.8) is 0 Å². The Morgan fingerprint density at radius 3 is 2.77 bits per heavy atom. The Balaban J connectivity index is 1.99. The number of rotatable bonds is 5. The molecule has 0 aliphatic carbocycles. The summed E-state index contributed by atoms with van der Waals surface area (Å²) in [6.45, 7) is 3.71. The second kappa shape index (κ2) is 5.54. The normalized spacial score (nSPS) is 28.6. The van der Waals surface area contributed by atoms with Gasteiger partial charge in [-0.1, -0.05) is 0 Å². The summed E-state index contributed by atoms with van der Waals surface area (Å²) in [5, 5.41) is 16.0. The second-order valence-corrected chi connectivity index (χ2v) is 3.94. The van der Waals surface area contributed by atoms with Crippen LogP contribution in [0.4, 0.5) is 0 Å². The summed E-state index contributed by atoms with van der Waals surface area (Å²) in [7, 11) is 4.15. The second-order valence-electron chi connectivity index (χ2n) is 3.94. The predicted octanol–water partition coefficient (Wildman–Crippen LogP) is -1.14. The zero-order valence-electron chi connectivity index (χ0n) is 8.58. The summed E-state index contributed by atoms with van der Waals surface area (Å²) >= 11 is 0. The van der Waals surface area contributed by atoms with Crippen molar-refractivity contribution >= 4 is 0 Å². The Morgan fingerprint density at radius 1 is 1.46 bits per heavy atom. The molecular weight excluding hydrogens is 166 g/mol. The molecule has 0 amide bonds. The highest BCUT2D eigenvalue weighted by molar-refractivity contribution is 4.86. The van der Waals surface area contributed by atoms with Crippen LogP contribution in [-0.4, -0.2) is 62.4 Å². The molecule has 2 atom stereocenters. The van der Waals surface area contributed by atoms with Gasteiger partial charge in [0.2, 0.25) is 0 Å². The number of β-amino-alcohol motifs (C(OH)–C–C–N with tert-alkyl or cyclic N) is 1. The maximum Gasteiger partial charge on any atom is 0.0829 e. The van der Waals surface area contributed by atoms with E-state index in [4.69, 9.17) is 0 Å². The van der Waals surface area contributed by atoms with Gasteiger partial charge in [0.1, 0.15) is 0 Å². The van der Waals surface area contributed by atoms with Gasteiger partial charge in [0.25, 0.3) is 0 Å². The highest BCUT2D eigenvalue weighted by atomic mass is 16.3. The van der Waals surface area contributed by atoms with Gasteiger partial charge in [0, 0.05) is 19.1 Å². The molecular formula is C9H21N3O. The fourth-order valence-electron chi connectivity index (χ4n) is 1.56. The Hall–Kier alpha value is -0.160. The lowest BCUT2D eigenvalue weighted by molar-refractivity contribution is 0.162. The molecule has 0 spiro atoms. The van der Waals surface area contributed by atoms with Crippen LogP contribution in [0, 0.1) is 0 Å². The number of aliphatic hydroxyl groups is 1. The number of hydrogen-bond donors (Lipinski definition) is 3. The van der Waals surface area contributed by atoms with Crippen LogP contribution < -0.4 is 10.6 Å². The van der Waals surface area contributed by atoms with Crippen LogP contribution in [0.25, 0.3) is 0 Å². The van der Waals surface area contributed by atoms with Gasteiger partial charge < -0.3 is 20.6 Å². The SMILES string of the molecule is CN(C)CCCN[C@@H]1CNC[C@H]1O. The first-order valence-electron chi connectivity index (χ1n) is 4.97. The average molecular weight is 187 g/mol. The Morgan fingerprint density at radius 2 is 2.23 bits per heavy atom. The smallest absolute Gasteiger partial charge is 0.0829 e. The molecule has 0 radical (unpaired) electrons. The van der Waals surface area contributed by atoms with Gasteiger partial charge in [-0.15, -0.1) is 0 Å². The number of aliphatic hydroxyl groups excluding tert-OH is 1. The molecule has 4 heteroatoms. The van der Waals surface area contributed by atoms with Crippen molar-refractivity contribution in [2.75, 3.05) is 40.3 Å². The van der Waals surface area contributed by atoms with E-state index in [1.54, 1.807) is 0 Å². The third-order valence-electron chi connectivity index (χ3n) is 2.37. The van der Waals surface area contributed by atoms with Gasteiger partial charge in [-0.3, -0.25) is 0 Å². The van der Waals surface area contributed by atoms with E-state index >= 15 is 0 Å². The number of nitrogens with zero attached hydrogens (tertiary/aromatic N) is 1. The number of hydrogen-bond acceptors (Lipinski definition) is 4. The van der Waals surface area contributed by atoms with Crippen LogP contribution in [-0.2, 0) is 0 Å². The highest BCUT2D eigenvalue weighted by Crippen LogP contribution is 1.98. The van der Waals surface area contributed by atoms with Crippen molar-refractivity contribution in [3.05, 3.63) is 0 Å². The van der Waals surface area contributed by atoms with Crippen LogP contribution in [0.15, 0.2) is 0 Å². The van der Waals surface area contributed by atoms with Crippen molar-refractivity contribution < 1.29 is 5.11 Å². The van der Waals surface area contributed by atoms with Gasteiger partial charge in [0.05, 0.1) is 6.10 Å². The van der Waals surface area contributed by atoms with Crippen LogP contribution in [0.3, 0.4) is 0 Å². The minimum Gasteiger partial charge on any atom is -0.390 e. The Kier molecular flexibility index (Phi) is 4.66. The van der Waals surface area contributed by atoms with E-state index in [0.717, 1.165) is 32.6 Å². The maximum atomic E-state index is 9.46. The Bertz CT molecular complexity index is 141. The molecule has 78 valence electrons. The van der Waals surface area contributed by atoms with Crippen LogP contribution >= 0.6 is 0 Å². The molecule has 0 aromatic rings. The fraction of sp³-hybridized carbons (Fsp3) is 1.00. The highest BCUT2D eigenvalue weighted by Gasteiger charge is 2.23. The third kappa shape index (κ3) is 4.04.